The summed E-state index contributed by atoms with van der Waals surface area (Å²) in [6.07, 6.45) is 6.68. The van der Waals surface area contributed by atoms with Gasteiger partial charge in [-0.05, 0) is 52.0 Å². The Morgan fingerprint density at radius 1 is 1.24 bits per heavy atom. The molecule has 17 heavy (non-hydrogen) atoms. The average molecular weight is 240 g/mol. The second-order valence-electron chi connectivity index (χ2n) is 6.15. The van der Waals surface area contributed by atoms with E-state index in [1.165, 1.54) is 25.7 Å². The molecule has 2 atom stereocenters. The lowest BCUT2D eigenvalue weighted by Crippen LogP contribution is -2.58. The number of nitrogens with two attached hydrogens (primary N) is 1. The molecule has 3 heteroatoms. The molecular formula is C14H28N2O. The van der Waals surface area contributed by atoms with E-state index in [2.05, 4.69) is 25.8 Å². The number of likely N-dealkylation sites (N-methyl/N-ethyl adjacent to an activating group) is 1. The molecule has 0 spiro atoms. The molecule has 1 saturated heterocycles. The molecule has 1 aliphatic carbocycles. The first-order chi connectivity index (χ1) is 8.09. The molecule has 0 aromatic carbocycles. The van der Waals surface area contributed by atoms with Crippen LogP contribution in [0.2, 0.25) is 0 Å². The van der Waals surface area contributed by atoms with Gasteiger partial charge in [0.2, 0.25) is 0 Å². The molecule has 2 aliphatic rings. The van der Waals surface area contributed by atoms with Crippen LogP contribution in [0.1, 0.15) is 46.0 Å². The summed E-state index contributed by atoms with van der Waals surface area (Å²) in [5.41, 5.74) is 6.35. The number of nitrogens with zero attached hydrogens (tertiary/aromatic N) is 1. The van der Waals surface area contributed by atoms with Gasteiger partial charge >= 0.3 is 0 Å². The molecule has 1 aliphatic heterocycles. The standard InChI is InChI=1S/C14H28N2O/c1-11-4-7-14(10-15,8-5-11)16(3)13-6-9-17-12(13)2/h11-13H,4-10,15H2,1-3H3. The van der Waals surface area contributed by atoms with Crippen molar-refractivity contribution in [3.63, 3.8) is 0 Å². The monoisotopic (exact) mass is 240 g/mol. The van der Waals surface area contributed by atoms with Crippen LogP contribution in [0.3, 0.4) is 0 Å². The molecule has 3 nitrogen and oxygen atoms in total. The summed E-state index contributed by atoms with van der Waals surface area (Å²) in [4.78, 5) is 2.55. The lowest BCUT2D eigenvalue weighted by Gasteiger charge is -2.48. The quantitative estimate of drug-likeness (QED) is 0.820. The van der Waals surface area contributed by atoms with Gasteiger partial charge in [-0.2, -0.15) is 0 Å². The lowest BCUT2D eigenvalue weighted by atomic mass is 9.75. The SMILES string of the molecule is CC1CCC(CN)(N(C)C2CCOC2C)CC1. The molecule has 2 N–H and O–H groups in total. The fraction of sp³-hybridized carbons (Fsp3) is 1.00. The molecule has 2 rings (SSSR count). The maximum atomic E-state index is 6.12. The van der Waals surface area contributed by atoms with Crippen LogP contribution in [-0.2, 0) is 4.74 Å². The molecule has 100 valence electrons. The maximum absolute atomic E-state index is 6.12. The second-order valence-corrected chi connectivity index (χ2v) is 6.15. The Labute approximate surface area is 106 Å². The van der Waals surface area contributed by atoms with Crippen LogP contribution in [0.15, 0.2) is 0 Å². The predicted octanol–water partition coefficient (Wildman–Crippen LogP) is 2.00. The third-order valence-corrected chi connectivity index (χ3v) is 5.17. The fourth-order valence-electron chi connectivity index (χ4n) is 3.58. The molecule has 0 bridgehead atoms. The maximum Gasteiger partial charge on any atom is 0.0703 e. The third-order valence-electron chi connectivity index (χ3n) is 5.17. The largest absolute Gasteiger partial charge is 0.377 e. The van der Waals surface area contributed by atoms with Crippen molar-refractivity contribution >= 4 is 0 Å². The summed E-state index contributed by atoms with van der Waals surface area (Å²) in [6, 6.07) is 0.562. The van der Waals surface area contributed by atoms with Crippen molar-refractivity contribution in [3.05, 3.63) is 0 Å². The topological polar surface area (TPSA) is 38.5 Å². The van der Waals surface area contributed by atoms with E-state index in [0.717, 1.165) is 25.5 Å². The Morgan fingerprint density at radius 3 is 2.35 bits per heavy atom. The van der Waals surface area contributed by atoms with E-state index in [-0.39, 0.29) is 5.54 Å². The molecule has 0 radical (unpaired) electrons. The van der Waals surface area contributed by atoms with Crippen molar-refractivity contribution in [1.82, 2.24) is 4.90 Å². The molecule has 0 aromatic heterocycles. The summed E-state index contributed by atoms with van der Waals surface area (Å²) >= 11 is 0. The van der Waals surface area contributed by atoms with Crippen molar-refractivity contribution in [1.29, 1.82) is 0 Å². The minimum Gasteiger partial charge on any atom is -0.377 e. The van der Waals surface area contributed by atoms with Crippen LogP contribution in [0, 0.1) is 5.92 Å². The van der Waals surface area contributed by atoms with Gasteiger partial charge < -0.3 is 10.5 Å². The highest BCUT2D eigenvalue weighted by atomic mass is 16.5. The van der Waals surface area contributed by atoms with E-state index >= 15 is 0 Å². The molecule has 0 aromatic rings. The minimum absolute atomic E-state index is 0.235. The first kappa shape index (κ1) is 13.3. The van der Waals surface area contributed by atoms with E-state index in [0.29, 0.717) is 12.1 Å². The van der Waals surface area contributed by atoms with Gasteiger partial charge in [-0.1, -0.05) is 6.92 Å². The smallest absolute Gasteiger partial charge is 0.0703 e. The summed E-state index contributed by atoms with van der Waals surface area (Å²) in [5.74, 6) is 0.875. The average Bonchev–Trinajstić information content (AvgIpc) is 2.76. The van der Waals surface area contributed by atoms with E-state index in [4.69, 9.17) is 10.5 Å². The molecule has 2 unspecified atom stereocenters. The van der Waals surface area contributed by atoms with Crippen molar-refractivity contribution in [3.8, 4) is 0 Å². The zero-order valence-electron chi connectivity index (χ0n) is 11.6. The van der Waals surface area contributed by atoms with Gasteiger partial charge in [0.1, 0.15) is 0 Å². The van der Waals surface area contributed by atoms with Crippen molar-refractivity contribution in [2.45, 2.75) is 63.6 Å². The molecular weight excluding hydrogens is 212 g/mol. The molecule has 1 saturated carbocycles. The van der Waals surface area contributed by atoms with Crippen molar-refractivity contribution < 1.29 is 4.74 Å². The Morgan fingerprint density at radius 2 is 1.88 bits per heavy atom. The Hall–Kier alpha value is -0.120. The molecule has 0 amide bonds. The number of rotatable bonds is 3. The zero-order chi connectivity index (χ0) is 12.5. The van der Waals surface area contributed by atoms with E-state index < -0.39 is 0 Å². The van der Waals surface area contributed by atoms with Gasteiger partial charge in [-0.3, -0.25) is 4.90 Å². The summed E-state index contributed by atoms with van der Waals surface area (Å²) in [5, 5.41) is 0. The van der Waals surface area contributed by atoms with Crippen molar-refractivity contribution in [2.24, 2.45) is 11.7 Å². The van der Waals surface area contributed by atoms with Gasteiger partial charge in [0.15, 0.2) is 0 Å². The van der Waals surface area contributed by atoms with Crippen LogP contribution >= 0.6 is 0 Å². The Bertz CT molecular complexity index is 249. The first-order valence-corrected chi connectivity index (χ1v) is 7.14. The van der Waals surface area contributed by atoms with Crippen LogP contribution in [-0.4, -0.2) is 42.8 Å². The number of ether oxygens (including phenoxy) is 1. The van der Waals surface area contributed by atoms with Crippen LogP contribution in [0.25, 0.3) is 0 Å². The van der Waals surface area contributed by atoms with Gasteiger partial charge in [0.25, 0.3) is 0 Å². The second kappa shape index (κ2) is 5.25. The van der Waals surface area contributed by atoms with Gasteiger partial charge in [0, 0.05) is 24.7 Å². The summed E-state index contributed by atoms with van der Waals surface area (Å²) in [6.45, 7) is 6.26. The summed E-state index contributed by atoms with van der Waals surface area (Å²) < 4.78 is 5.71. The number of hydrogen-bond acceptors (Lipinski definition) is 3. The molecule has 2 fully saturated rings. The fourth-order valence-corrected chi connectivity index (χ4v) is 3.58. The van der Waals surface area contributed by atoms with E-state index in [9.17, 15) is 0 Å². The van der Waals surface area contributed by atoms with Gasteiger partial charge in [0.05, 0.1) is 6.10 Å². The Kier molecular flexibility index (Phi) is 4.11. The van der Waals surface area contributed by atoms with Crippen molar-refractivity contribution in [2.75, 3.05) is 20.2 Å². The third kappa shape index (κ3) is 2.51. The number of hydrogen-bond donors (Lipinski definition) is 1. The highest BCUT2D eigenvalue weighted by Gasteiger charge is 2.42. The van der Waals surface area contributed by atoms with E-state index in [1.54, 1.807) is 0 Å². The van der Waals surface area contributed by atoms with Crippen LogP contribution < -0.4 is 5.73 Å². The van der Waals surface area contributed by atoms with Crippen LogP contribution in [0.5, 0.6) is 0 Å². The summed E-state index contributed by atoms with van der Waals surface area (Å²) in [7, 11) is 2.26. The van der Waals surface area contributed by atoms with E-state index in [1.807, 2.05) is 0 Å². The van der Waals surface area contributed by atoms with Crippen LogP contribution in [0.4, 0.5) is 0 Å². The van der Waals surface area contributed by atoms with Gasteiger partial charge in [-0.15, -0.1) is 0 Å². The lowest BCUT2D eigenvalue weighted by molar-refractivity contribution is 0.00238. The Balaban J connectivity index is 2.06. The highest BCUT2D eigenvalue weighted by molar-refractivity contribution is 4.98. The zero-order valence-corrected chi connectivity index (χ0v) is 11.6. The highest BCUT2D eigenvalue weighted by Crippen LogP contribution is 2.38. The van der Waals surface area contributed by atoms with Gasteiger partial charge in [-0.25, -0.2) is 0 Å². The minimum atomic E-state index is 0.235. The first-order valence-electron chi connectivity index (χ1n) is 7.14. The normalized spacial score (nSPS) is 43.2. The predicted molar refractivity (Wildman–Crippen MR) is 71.0 cm³/mol. The molecule has 1 heterocycles.